The van der Waals surface area contributed by atoms with E-state index in [1.807, 2.05) is 30.3 Å². The zero-order chi connectivity index (χ0) is 30.2. The first-order valence-corrected chi connectivity index (χ1v) is 13.9. The second kappa shape index (κ2) is 11.2. The number of benzene rings is 4. The van der Waals surface area contributed by atoms with E-state index in [0.29, 0.717) is 27.6 Å². The quantitative estimate of drug-likeness (QED) is 0.105. The fourth-order valence-corrected chi connectivity index (χ4v) is 5.31. The topological polar surface area (TPSA) is 103 Å². The SMILES string of the molecule is CCOC(=O)c1c(-c2ccc(F)cc2)oc2cc([N+](=O)[O-])c(-c3cc(C(=O)N(c4ccccc4)C4CC4)ccc3C)cc12. The Hall–Kier alpha value is -5.31. The Morgan fingerprint density at radius 2 is 1.72 bits per heavy atom. The van der Waals surface area contributed by atoms with Crippen molar-refractivity contribution >= 4 is 34.2 Å². The van der Waals surface area contributed by atoms with Gasteiger partial charge in [0.05, 0.1) is 23.2 Å². The van der Waals surface area contributed by atoms with Crippen molar-refractivity contribution in [1.82, 2.24) is 0 Å². The van der Waals surface area contributed by atoms with Crippen molar-refractivity contribution in [3.63, 3.8) is 0 Å². The molecule has 1 amide bonds. The van der Waals surface area contributed by atoms with Crippen LogP contribution in [0.4, 0.5) is 15.8 Å². The number of anilines is 1. The highest BCUT2D eigenvalue weighted by molar-refractivity contribution is 6.11. The van der Waals surface area contributed by atoms with Crippen molar-refractivity contribution in [3.05, 3.63) is 118 Å². The van der Waals surface area contributed by atoms with Gasteiger partial charge in [0.1, 0.15) is 22.7 Å². The number of esters is 1. The molecule has 1 aromatic heterocycles. The van der Waals surface area contributed by atoms with E-state index >= 15 is 0 Å². The largest absolute Gasteiger partial charge is 0.462 e. The van der Waals surface area contributed by atoms with Crippen LogP contribution in [0.5, 0.6) is 0 Å². The van der Waals surface area contributed by atoms with Crippen LogP contribution in [-0.4, -0.2) is 29.4 Å². The van der Waals surface area contributed by atoms with Gasteiger partial charge in [-0.25, -0.2) is 9.18 Å². The lowest BCUT2D eigenvalue weighted by Crippen LogP contribution is -2.33. The molecule has 5 aromatic rings. The summed E-state index contributed by atoms with van der Waals surface area (Å²) >= 11 is 0. The van der Waals surface area contributed by atoms with Crippen molar-refractivity contribution in [2.75, 3.05) is 11.5 Å². The number of rotatable bonds is 8. The summed E-state index contributed by atoms with van der Waals surface area (Å²) in [5.74, 6) is -1.23. The van der Waals surface area contributed by atoms with E-state index in [1.165, 1.54) is 36.4 Å². The summed E-state index contributed by atoms with van der Waals surface area (Å²) in [5.41, 5.74) is 2.91. The molecule has 4 aromatic carbocycles. The Morgan fingerprint density at radius 3 is 2.37 bits per heavy atom. The number of fused-ring (bicyclic) bond motifs is 1. The Labute approximate surface area is 246 Å². The molecular formula is C34H27FN2O6. The maximum absolute atomic E-state index is 13.8. The highest BCUT2D eigenvalue weighted by Gasteiger charge is 2.35. The standard InChI is InChI=1S/C34H27FN2O6/c1-3-42-34(39)31-28-18-27(29(37(40)41)19-30(28)43-32(31)21-11-13-23(35)14-12-21)26-17-22(10-9-20(26)2)33(38)36(25-15-16-25)24-7-5-4-6-8-24/h4-14,17-19,25H,3,15-16H2,1-2H3. The van der Waals surface area contributed by atoms with E-state index in [0.717, 1.165) is 18.5 Å². The van der Waals surface area contributed by atoms with Crippen LogP contribution in [0.3, 0.4) is 0 Å². The number of nitro benzene ring substituents is 1. The minimum Gasteiger partial charge on any atom is -0.462 e. The zero-order valence-corrected chi connectivity index (χ0v) is 23.5. The average Bonchev–Trinajstić information content (AvgIpc) is 3.76. The maximum atomic E-state index is 13.8. The van der Waals surface area contributed by atoms with Crippen LogP contribution in [0.25, 0.3) is 33.4 Å². The second-order valence-electron chi connectivity index (χ2n) is 10.4. The van der Waals surface area contributed by atoms with Crippen molar-refractivity contribution in [1.29, 1.82) is 0 Å². The first-order chi connectivity index (χ1) is 20.8. The molecule has 0 saturated heterocycles. The van der Waals surface area contributed by atoms with Gasteiger partial charge in [-0.15, -0.1) is 0 Å². The number of hydrogen-bond acceptors (Lipinski definition) is 6. The van der Waals surface area contributed by atoms with Crippen LogP contribution in [0.2, 0.25) is 0 Å². The maximum Gasteiger partial charge on any atom is 0.342 e. The number of carbonyl (C=O) groups is 2. The molecule has 1 fully saturated rings. The van der Waals surface area contributed by atoms with E-state index in [9.17, 15) is 24.1 Å². The molecule has 0 aliphatic heterocycles. The fraction of sp³-hybridized carbons (Fsp3) is 0.176. The van der Waals surface area contributed by atoms with Gasteiger partial charge < -0.3 is 14.1 Å². The third-order valence-corrected chi connectivity index (χ3v) is 7.53. The first-order valence-electron chi connectivity index (χ1n) is 13.9. The van der Waals surface area contributed by atoms with Crippen molar-refractivity contribution in [2.24, 2.45) is 0 Å². The third-order valence-electron chi connectivity index (χ3n) is 7.53. The van der Waals surface area contributed by atoms with Gasteiger partial charge in [-0.05, 0) is 92.4 Å². The van der Waals surface area contributed by atoms with Crippen LogP contribution in [0, 0.1) is 22.9 Å². The van der Waals surface area contributed by atoms with E-state index < -0.39 is 16.7 Å². The summed E-state index contributed by atoms with van der Waals surface area (Å²) in [7, 11) is 0. The van der Waals surface area contributed by atoms with E-state index in [1.54, 1.807) is 36.9 Å². The summed E-state index contributed by atoms with van der Waals surface area (Å²) < 4.78 is 25.0. The highest BCUT2D eigenvalue weighted by Crippen LogP contribution is 2.42. The third kappa shape index (κ3) is 5.25. The van der Waals surface area contributed by atoms with Gasteiger partial charge in [-0.3, -0.25) is 14.9 Å². The monoisotopic (exact) mass is 578 g/mol. The van der Waals surface area contributed by atoms with Crippen molar-refractivity contribution < 1.29 is 28.1 Å². The predicted molar refractivity (Wildman–Crippen MR) is 161 cm³/mol. The lowest BCUT2D eigenvalue weighted by molar-refractivity contribution is -0.384. The highest BCUT2D eigenvalue weighted by atomic mass is 19.1. The number of ether oxygens (including phenoxy) is 1. The van der Waals surface area contributed by atoms with E-state index in [2.05, 4.69) is 0 Å². The van der Waals surface area contributed by atoms with Crippen LogP contribution in [0.1, 0.15) is 46.0 Å². The average molecular weight is 579 g/mol. The number of nitrogens with zero attached hydrogens (tertiary/aromatic N) is 2. The molecule has 0 radical (unpaired) electrons. The molecule has 9 heteroatoms. The summed E-state index contributed by atoms with van der Waals surface area (Å²) in [4.78, 5) is 40.6. The normalized spacial score (nSPS) is 12.7. The van der Waals surface area contributed by atoms with Gasteiger partial charge >= 0.3 is 5.97 Å². The minimum absolute atomic E-state index is 0.0773. The molecule has 1 heterocycles. The Balaban J connectivity index is 1.53. The molecule has 1 saturated carbocycles. The Kier molecular flexibility index (Phi) is 7.23. The van der Waals surface area contributed by atoms with E-state index in [4.69, 9.17) is 9.15 Å². The van der Waals surface area contributed by atoms with Crippen molar-refractivity contribution in [2.45, 2.75) is 32.7 Å². The predicted octanol–water partition coefficient (Wildman–Crippen LogP) is 8.11. The van der Waals surface area contributed by atoms with Gasteiger partial charge in [-0.1, -0.05) is 24.3 Å². The number of para-hydroxylation sites is 1. The molecule has 6 rings (SSSR count). The van der Waals surface area contributed by atoms with Crippen molar-refractivity contribution in [3.8, 4) is 22.5 Å². The van der Waals surface area contributed by atoms with Gasteiger partial charge in [0.15, 0.2) is 0 Å². The number of hydrogen-bond donors (Lipinski definition) is 0. The number of amides is 1. The number of carbonyl (C=O) groups excluding carboxylic acids is 2. The number of furan rings is 1. The molecule has 0 unspecified atom stereocenters. The summed E-state index contributed by atoms with van der Waals surface area (Å²) in [6, 6.07) is 22.8. The lowest BCUT2D eigenvalue weighted by Gasteiger charge is -2.23. The molecule has 43 heavy (non-hydrogen) atoms. The smallest absolute Gasteiger partial charge is 0.342 e. The Morgan fingerprint density at radius 1 is 1.00 bits per heavy atom. The molecule has 0 bridgehead atoms. The molecule has 8 nitrogen and oxygen atoms in total. The summed E-state index contributed by atoms with van der Waals surface area (Å²) in [6.45, 7) is 3.57. The number of nitro groups is 1. The van der Waals surface area contributed by atoms with Crippen LogP contribution in [-0.2, 0) is 4.74 Å². The van der Waals surface area contributed by atoms with Gasteiger partial charge in [0, 0.05) is 28.2 Å². The zero-order valence-electron chi connectivity index (χ0n) is 23.5. The van der Waals surface area contributed by atoms with Gasteiger partial charge in [-0.2, -0.15) is 0 Å². The molecule has 1 aliphatic rings. The lowest BCUT2D eigenvalue weighted by atomic mass is 9.94. The molecular weight excluding hydrogens is 551 g/mol. The molecule has 0 spiro atoms. The van der Waals surface area contributed by atoms with Gasteiger partial charge in [0.25, 0.3) is 11.6 Å². The summed E-state index contributed by atoms with van der Waals surface area (Å²) in [5, 5.41) is 12.7. The fourth-order valence-electron chi connectivity index (χ4n) is 5.31. The van der Waals surface area contributed by atoms with Crippen LogP contribution >= 0.6 is 0 Å². The minimum atomic E-state index is -0.677. The molecule has 0 atom stereocenters. The molecule has 0 N–H and O–H groups in total. The van der Waals surface area contributed by atoms with Crippen LogP contribution in [0.15, 0.2) is 89.3 Å². The molecule has 216 valence electrons. The Bertz CT molecular complexity index is 1880. The number of halogens is 1. The van der Waals surface area contributed by atoms with E-state index in [-0.39, 0.29) is 46.7 Å². The van der Waals surface area contributed by atoms with Gasteiger partial charge in [0.2, 0.25) is 0 Å². The van der Waals surface area contributed by atoms with Crippen LogP contribution < -0.4 is 4.90 Å². The molecule has 1 aliphatic carbocycles. The second-order valence-corrected chi connectivity index (χ2v) is 10.4. The summed E-state index contributed by atoms with van der Waals surface area (Å²) in [6.07, 6.45) is 1.80. The first kappa shape index (κ1) is 27.8. The number of aryl methyl sites for hydroxylation is 1.